The van der Waals surface area contributed by atoms with E-state index in [1.807, 2.05) is 6.92 Å². The molecule has 1 aliphatic carbocycles. The number of ether oxygens (including phenoxy) is 1. The summed E-state index contributed by atoms with van der Waals surface area (Å²) in [5.74, 6) is -1.80. The van der Waals surface area contributed by atoms with Crippen molar-refractivity contribution in [3.63, 3.8) is 0 Å². The average molecular weight is 586 g/mol. The van der Waals surface area contributed by atoms with Crippen LogP contribution in [0, 0.1) is 18.2 Å². The zero-order chi connectivity index (χ0) is 29.4. The van der Waals surface area contributed by atoms with Crippen LogP contribution in [0.4, 0.5) is 8.78 Å². The molecule has 1 aliphatic heterocycles. The summed E-state index contributed by atoms with van der Waals surface area (Å²) in [7, 11) is -4.10. The molecule has 0 radical (unpaired) electrons. The monoisotopic (exact) mass is 585 g/mol. The van der Waals surface area contributed by atoms with E-state index in [-0.39, 0.29) is 46.2 Å². The number of aromatic nitrogens is 2. The number of hydrogen-bond donors (Lipinski definition) is 2. The van der Waals surface area contributed by atoms with E-state index >= 15 is 4.39 Å². The molecule has 0 bridgehead atoms. The molecule has 5 rings (SSSR count). The Labute approximate surface area is 237 Å². The molecule has 2 aliphatic rings. The summed E-state index contributed by atoms with van der Waals surface area (Å²) in [4.78, 5) is 21.1. The van der Waals surface area contributed by atoms with Crippen LogP contribution in [0.3, 0.4) is 0 Å². The maximum atomic E-state index is 15.1. The fourth-order valence-corrected chi connectivity index (χ4v) is 6.90. The van der Waals surface area contributed by atoms with E-state index in [2.05, 4.69) is 27.5 Å². The maximum Gasteiger partial charge on any atom is 0.307 e. The number of aryl methyl sites for hydroxylation is 1. The van der Waals surface area contributed by atoms with Gasteiger partial charge in [-0.1, -0.05) is 37.5 Å². The molecule has 0 saturated heterocycles. The van der Waals surface area contributed by atoms with Crippen LogP contribution in [0.25, 0.3) is 11.0 Å². The largest absolute Gasteiger partial charge is 0.466 e. The van der Waals surface area contributed by atoms with E-state index in [0.29, 0.717) is 5.56 Å². The average Bonchev–Trinajstić information content (AvgIpc) is 3.55. The first-order valence-corrected chi connectivity index (χ1v) is 15.1. The molecule has 2 aromatic heterocycles. The first-order chi connectivity index (χ1) is 19.5. The molecule has 0 spiro atoms. The molecular weight excluding hydrogens is 552 g/mol. The van der Waals surface area contributed by atoms with Crippen LogP contribution in [0.5, 0.6) is 0 Å². The molecule has 2 unspecified atom stereocenters. The van der Waals surface area contributed by atoms with Gasteiger partial charge in [-0.3, -0.25) is 4.79 Å². The van der Waals surface area contributed by atoms with Gasteiger partial charge in [0.1, 0.15) is 12.0 Å². The molecular formula is C29H33F2N5O4S. The lowest BCUT2D eigenvalue weighted by Crippen LogP contribution is -2.48. The number of halogens is 2. The van der Waals surface area contributed by atoms with Gasteiger partial charge < -0.3 is 15.4 Å². The Morgan fingerprint density at radius 3 is 2.63 bits per heavy atom. The summed E-state index contributed by atoms with van der Waals surface area (Å²) in [6.45, 7) is 5.88. The Morgan fingerprint density at radius 1 is 1.24 bits per heavy atom. The van der Waals surface area contributed by atoms with Crippen molar-refractivity contribution in [2.45, 2.75) is 70.0 Å². The number of esters is 1. The molecule has 12 heteroatoms. The first kappa shape index (κ1) is 28.7. The number of benzene rings is 1. The smallest absolute Gasteiger partial charge is 0.307 e. The van der Waals surface area contributed by atoms with Crippen LogP contribution >= 0.6 is 0 Å². The maximum absolute atomic E-state index is 15.1. The SMILES string of the molecule is CCOC(=O)CC(NC1=NC(c2cn(S(=O)(=O)c3ccc(C)cc3)c3ncc(F)cc23)NC=C1F)C1(C)CCCC1. The van der Waals surface area contributed by atoms with Gasteiger partial charge in [0.2, 0.25) is 0 Å². The number of nitrogens with zero attached hydrogens (tertiary/aromatic N) is 3. The minimum Gasteiger partial charge on any atom is -0.466 e. The second-order valence-corrected chi connectivity index (χ2v) is 12.6. The lowest BCUT2D eigenvalue weighted by molar-refractivity contribution is -0.144. The van der Waals surface area contributed by atoms with Gasteiger partial charge in [0.05, 0.1) is 24.1 Å². The quantitative estimate of drug-likeness (QED) is 0.357. The normalized spacial score (nSPS) is 19.3. The Kier molecular flexibility index (Phi) is 7.87. The lowest BCUT2D eigenvalue weighted by atomic mass is 9.79. The molecule has 218 valence electrons. The molecule has 3 aromatic rings. The summed E-state index contributed by atoms with van der Waals surface area (Å²) in [5.41, 5.74) is 0.924. The molecule has 2 atom stereocenters. The van der Waals surface area contributed by atoms with Gasteiger partial charge in [0.25, 0.3) is 10.0 Å². The first-order valence-electron chi connectivity index (χ1n) is 13.6. The Bertz CT molecular complexity index is 1630. The lowest BCUT2D eigenvalue weighted by Gasteiger charge is -2.35. The van der Waals surface area contributed by atoms with Gasteiger partial charge in [-0.2, -0.15) is 0 Å². The van der Waals surface area contributed by atoms with Gasteiger partial charge in [-0.15, -0.1) is 0 Å². The van der Waals surface area contributed by atoms with Gasteiger partial charge in [-0.05, 0) is 50.3 Å². The van der Waals surface area contributed by atoms with Crippen molar-refractivity contribution in [1.82, 2.24) is 19.6 Å². The molecule has 1 aromatic carbocycles. The number of amidine groups is 1. The zero-order valence-electron chi connectivity index (χ0n) is 23.2. The number of fused-ring (bicyclic) bond motifs is 1. The summed E-state index contributed by atoms with van der Waals surface area (Å²) in [6, 6.07) is 7.09. The topological polar surface area (TPSA) is 115 Å². The Hall–Kier alpha value is -3.80. The number of rotatable bonds is 8. The molecule has 0 amide bonds. The van der Waals surface area contributed by atoms with Crippen molar-refractivity contribution in [2.75, 3.05) is 6.61 Å². The van der Waals surface area contributed by atoms with E-state index < -0.39 is 33.9 Å². The predicted octanol–water partition coefficient (Wildman–Crippen LogP) is 5.02. The number of carbonyl (C=O) groups excluding carboxylic acids is 1. The van der Waals surface area contributed by atoms with Crippen LogP contribution in [0.1, 0.15) is 63.2 Å². The fourth-order valence-electron chi connectivity index (χ4n) is 5.57. The van der Waals surface area contributed by atoms with Gasteiger partial charge >= 0.3 is 5.97 Å². The van der Waals surface area contributed by atoms with Gasteiger partial charge in [0, 0.05) is 29.4 Å². The molecule has 41 heavy (non-hydrogen) atoms. The molecule has 3 heterocycles. The molecule has 2 N–H and O–H groups in total. The summed E-state index contributed by atoms with van der Waals surface area (Å²) < 4.78 is 62.8. The highest BCUT2D eigenvalue weighted by Crippen LogP contribution is 2.42. The third-order valence-electron chi connectivity index (χ3n) is 7.91. The van der Waals surface area contributed by atoms with E-state index in [1.165, 1.54) is 24.4 Å². The second kappa shape index (κ2) is 11.2. The summed E-state index contributed by atoms with van der Waals surface area (Å²) in [6.07, 6.45) is 6.20. The Morgan fingerprint density at radius 2 is 1.95 bits per heavy atom. The molecule has 1 saturated carbocycles. The highest BCUT2D eigenvalue weighted by Gasteiger charge is 2.40. The van der Waals surface area contributed by atoms with Crippen LogP contribution < -0.4 is 10.6 Å². The molecule has 9 nitrogen and oxygen atoms in total. The number of carbonyl (C=O) groups is 1. The number of hydrogen-bond acceptors (Lipinski definition) is 8. The van der Waals surface area contributed by atoms with E-state index in [0.717, 1.165) is 47.6 Å². The van der Waals surface area contributed by atoms with Crippen molar-refractivity contribution >= 4 is 32.9 Å². The third-order valence-corrected chi connectivity index (χ3v) is 9.57. The second-order valence-electron chi connectivity index (χ2n) is 10.8. The summed E-state index contributed by atoms with van der Waals surface area (Å²) >= 11 is 0. The zero-order valence-corrected chi connectivity index (χ0v) is 24.0. The van der Waals surface area contributed by atoms with Crippen LogP contribution in [0.2, 0.25) is 0 Å². The predicted molar refractivity (Wildman–Crippen MR) is 151 cm³/mol. The summed E-state index contributed by atoms with van der Waals surface area (Å²) in [5, 5.41) is 6.20. The number of pyridine rings is 1. The van der Waals surface area contributed by atoms with Crippen LogP contribution in [-0.2, 0) is 19.6 Å². The minimum atomic E-state index is -4.10. The van der Waals surface area contributed by atoms with Gasteiger partial charge in [-0.25, -0.2) is 31.1 Å². The highest BCUT2D eigenvalue weighted by atomic mass is 32.2. The third kappa shape index (κ3) is 5.70. The van der Waals surface area contributed by atoms with E-state index in [9.17, 15) is 17.6 Å². The minimum absolute atomic E-state index is 0.0159. The Balaban J connectivity index is 1.54. The van der Waals surface area contributed by atoms with Gasteiger partial charge in [0.15, 0.2) is 17.3 Å². The highest BCUT2D eigenvalue weighted by molar-refractivity contribution is 7.90. The number of nitrogens with one attached hydrogen (secondary N) is 2. The van der Waals surface area contributed by atoms with Crippen molar-refractivity contribution in [1.29, 1.82) is 0 Å². The standard InChI is InChI=1S/C29H33F2N5O4S/c1-4-40-25(37)14-24(29(3)11-5-6-12-29)34-27-23(31)16-32-26(35-27)22-17-36(28-21(22)13-19(30)15-33-28)41(38,39)20-9-7-18(2)8-10-20/h7-10,13,15-17,24,26,32H,4-6,11-12,14H2,1-3H3,(H,34,35). The van der Waals surface area contributed by atoms with Crippen LogP contribution in [0.15, 0.2) is 64.6 Å². The van der Waals surface area contributed by atoms with E-state index in [4.69, 9.17) is 4.74 Å². The fraction of sp³-hybridized carbons (Fsp3) is 0.414. The van der Waals surface area contributed by atoms with Crippen molar-refractivity contribution in [3.8, 4) is 0 Å². The van der Waals surface area contributed by atoms with Crippen molar-refractivity contribution in [3.05, 3.63) is 71.7 Å². The van der Waals surface area contributed by atoms with Crippen molar-refractivity contribution in [2.24, 2.45) is 10.4 Å². The number of aliphatic imine (C=N–C) groups is 1. The van der Waals surface area contributed by atoms with Crippen LogP contribution in [-0.4, -0.2) is 41.8 Å². The molecule has 1 fully saturated rings. The van der Waals surface area contributed by atoms with Crippen molar-refractivity contribution < 1.29 is 26.7 Å². The van der Waals surface area contributed by atoms with E-state index in [1.54, 1.807) is 19.1 Å².